The number of nitrogens with zero attached hydrogens (tertiary/aromatic N) is 2. The van der Waals surface area contributed by atoms with Gasteiger partial charge in [-0.1, -0.05) is 60.8 Å². The van der Waals surface area contributed by atoms with Gasteiger partial charge in [-0.2, -0.15) is 0 Å². The number of carbonyl (C=O) groups excluding carboxylic acids is 1. The molecule has 0 fully saturated rings. The standard InChI is InChI=1S/C15H19N3OS3/c1-4-10(2)11-5-7-12(8-6-11)16-13(19)9-21-15-18-17-14(20-3)22-15/h5-8,10H,4,9H2,1-3H3,(H,16,19)/t10-/m1/s1. The second kappa shape index (κ2) is 8.55. The van der Waals surface area contributed by atoms with E-state index in [1.54, 1.807) is 11.8 Å². The molecule has 0 saturated heterocycles. The van der Waals surface area contributed by atoms with Crippen LogP contribution in [0, 0.1) is 0 Å². The van der Waals surface area contributed by atoms with Gasteiger partial charge in [0.15, 0.2) is 8.68 Å². The molecule has 0 bridgehead atoms. The quantitative estimate of drug-likeness (QED) is 0.743. The van der Waals surface area contributed by atoms with Gasteiger partial charge in [0.2, 0.25) is 5.91 Å². The van der Waals surface area contributed by atoms with Crippen molar-refractivity contribution in [3.05, 3.63) is 29.8 Å². The Bertz CT molecular complexity index is 613. The summed E-state index contributed by atoms with van der Waals surface area (Å²) in [5, 5.41) is 11.0. The highest BCUT2D eigenvalue weighted by Crippen LogP contribution is 2.27. The minimum atomic E-state index is -0.0257. The number of nitrogens with one attached hydrogen (secondary N) is 1. The van der Waals surface area contributed by atoms with Crippen LogP contribution in [0.4, 0.5) is 5.69 Å². The highest BCUT2D eigenvalue weighted by molar-refractivity contribution is 8.03. The monoisotopic (exact) mass is 353 g/mol. The molecule has 1 atom stereocenters. The minimum Gasteiger partial charge on any atom is -0.325 e. The molecule has 0 unspecified atom stereocenters. The molecule has 4 nitrogen and oxygen atoms in total. The second-order valence-electron chi connectivity index (χ2n) is 4.81. The van der Waals surface area contributed by atoms with E-state index in [2.05, 4.69) is 41.5 Å². The molecule has 1 amide bonds. The summed E-state index contributed by atoms with van der Waals surface area (Å²) in [6.45, 7) is 4.38. The Morgan fingerprint density at radius 1 is 1.27 bits per heavy atom. The predicted molar refractivity (Wildman–Crippen MR) is 96.2 cm³/mol. The van der Waals surface area contributed by atoms with E-state index in [9.17, 15) is 4.79 Å². The second-order valence-corrected chi connectivity index (χ2v) is 8.06. The molecule has 0 saturated carbocycles. The van der Waals surface area contributed by atoms with Crippen LogP contribution in [0.3, 0.4) is 0 Å². The summed E-state index contributed by atoms with van der Waals surface area (Å²) in [4.78, 5) is 12.0. The van der Waals surface area contributed by atoms with E-state index in [4.69, 9.17) is 0 Å². The van der Waals surface area contributed by atoms with Crippen LogP contribution in [-0.2, 0) is 4.79 Å². The largest absolute Gasteiger partial charge is 0.325 e. The molecule has 2 aromatic rings. The summed E-state index contributed by atoms with van der Waals surface area (Å²) in [6.07, 6.45) is 3.08. The van der Waals surface area contributed by atoms with Gasteiger partial charge in [0.25, 0.3) is 0 Å². The number of carbonyl (C=O) groups is 1. The van der Waals surface area contributed by atoms with Crippen molar-refractivity contribution in [3.63, 3.8) is 0 Å². The average Bonchev–Trinajstić information content (AvgIpc) is 3.01. The van der Waals surface area contributed by atoms with Gasteiger partial charge in [0.05, 0.1) is 5.75 Å². The molecule has 1 N–H and O–H groups in total. The molecular weight excluding hydrogens is 334 g/mol. The van der Waals surface area contributed by atoms with Crippen molar-refractivity contribution < 1.29 is 4.79 Å². The maximum Gasteiger partial charge on any atom is 0.234 e. The van der Waals surface area contributed by atoms with Gasteiger partial charge < -0.3 is 5.32 Å². The summed E-state index contributed by atoms with van der Waals surface area (Å²) in [7, 11) is 0. The smallest absolute Gasteiger partial charge is 0.234 e. The van der Waals surface area contributed by atoms with Gasteiger partial charge in [0.1, 0.15) is 0 Å². The number of anilines is 1. The Balaban J connectivity index is 1.83. The van der Waals surface area contributed by atoms with Crippen molar-refractivity contribution >= 4 is 46.5 Å². The fourth-order valence-electron chi connectivity index (χ4n) is 1.79. The molecule has 1 heterocycles. The van der Waals surface area contributed by atoms with Crippen LogP contribution < -0.4 is 5.32 Å². The number of amides is 1. The maximum atomic E-state index is 12.0. The first-order valence-electron chi connectivity index (χ1n) is 7.02. The Morgan fingerprint density at radius 3 is 2.55 bits per heavy atom. The molecule has 7 heteroatoms. The number of hydrogen-bond donors (Lipinski definition) is 1. The summed E-state index contributed by atoms with van der Waals surface area (Å²) in [5.41, 5.74) is 2.13. The third kappa shape index (κ3) is 5.00. The molecule has 22 heavy (non-hydrogen) atoms. The first-order valence-corrected chi connectivity index (χ1v) is 10.0. The SMILES string of the molecule is CC[C@@H](C)c1ccc(NC(=O)CSc2nnc(SC)s2)cc1. The van der Waals surface area contributed by atoms with Crippen LogP contribution in [0.5, 0.6) is 0 Å². The average molecular weight is 354 g/mol. The van der Waals surface area contributed by atoms with E-state index in [0.29, 0.717) is 11.7 Å². The highest BCUT2D eigenvalue weighted by atomic mass is 32.2. The first-order chi connectivity index (χ1) is 10.6. The minimum absolute atomic E-state index is 0.0257. The van der Waals surface area contributed by atoms with Crippen molar-refractivity contribution in [1.82, 2.24) is 10.2 Å². The summed E-state index contributed by atoms with van der Waals surface area (Å²) in [5.74, 6) is 0.862. The van der Waals surface area contributed by atoms with Crippen LogP contribution >= 0.6 is 34.9 Å². The normalized spacial score (nSPS) is 12.1. The van der Waals surface area contributed by atoms with Gasteiger partial charge in [-0.15, -0.1) is 10.2 Å². The van der Waals surface area contributed by atoms with Crippen LogP contribution in [0.2, 0.25) is 0 Å². The molecule has 2 rings (SSSR count). The van der Waals surface area contributed by atoms with Crippen molar-refractivity contribution in [3.8, 4) is 0 Å². The van der Waals surface area contributed by atoms with E-state index < -0.39 is 0 Å². The molecular formula is C15H19N3OS3. The topological polar surface area (TPSA) is 54.9 Å². The number of hydrogen-bond acceptors (Lipinski definition) is 6. The number of aromatic nitrogens is 2. The lowest BCUT2D eigenvalue weighted by molar-refractivity contribution is -0.113. The van der Waals surface area contributed by atoms with Crippen LogP contribution in [0.15, 0.2) is 32.9 Å². The third-order valence-electron chi connectivity index (χ3n) is 3.27. The Kier molecular flexibility index (Phi) is 6.72. The number of thioether (sulfide) groups is 2. The van der Waals surface area contributed by atoms with Crippen LogP contribution in [0.1, 0.15) is 31.7 Å². The van der Waals surface area contributed by atoms with Crippen molar-refractivity contribution in [1.29, 1.82) is 0 Å². The Morgan fingerprint density at radius 2 is 1.95 bits per heavy atom. The number of rotatable bonds is 7. The van der Waals surface area contributed by atoms with Crippen molar-refractivity contribution in [2.24, 2.45) is 0 Å². The van der Waals surface area contributed by atoms with Gasteiger partial charge in [-0.05, 0) is 36.3 Å². The Labute approximate surface area is 143 Å². The van der Waals surface area contributed by atoms with Gasteiger partial charge in [-0.25, -0.2) is 0 Å². The van der Waals surface area contributed by atoms with Gasteiger partial charge in [0, 0.05) is 5.69 Å². The zero-order valence-corrected chi connectivity index (χ0v) is 15.3. The predicted octanol–water partition coefficient (Wildman–Crippen LogP) is 4.50. The lowest BCUT2D eigenvalue weighted by Crippen LogP contribution is -2.13. The van der Waals surface area contributed by atoms with Gasteiger partial charge >= 0.3 is 0 Å². The molecule has 0 aliphatic carbocycles. The van der Waals surface area contributed by atoms with Crippen molar-refractivity contribution in [2.45, 2.75) is 34.9 Å². The fourth-order valence-corrected chi connectivity index (χ4v) is 4.03. The number of benzene rings is 1. The molecule has 0 aliphatic rings. The lowest BCUT2D eigenvalue weighted by Gasteiger charge is -2.10. The van der Waals surface area contributed by atoms with Crippen LogP contribution in [-0.4, -0.2) is 28.1 Å². The van der Waals surface area contributed by atoms with E-state index >= 15 is 0 Å². The molecule has 1 aromatic heterocycles. The molecule has 118 valence electrons. The van der Waals surface area contributed by atoms with E-state index in [1.165, 1.54) is 28.7 Å². The lowest BCUT2D eigenvalue weighted by atomic mass is 9.99. The fraction of sp³-hybridized carbons (Fsp3) is 0.400. The van der Waals surface area contributed by atoms with Gasteiger partial charge in [-0.3, -0.25) is 4.79 Å². The third-order valence-corrected chi connectivity index (χ3v) is 6.30. The summed E-state index contributed by atoms with van der Waals surface area (Å²) >= 11 is 4.49. The molecule has 0 aliphatic heterocycles. The molecule has 0 spiro atoms. The highest BCUT2D eigenvalue weighted by Gasteiger charge is 2.08. The molecule has 0 radical (unpaired) electrons. The van der Waals surface area contributed by atoms with Crippen molar-refractivity contribution in [2.75, 3.05) is 17.3 Å². The summed E-state index contributed by atoms with van der Waals surface area (Å²) in [6, 6.07) is 8.07. The van der Waals surface area contributed by atoms with E-state index in [0.717, 1.165) is 20.8 Å². The van der Waals surface area contributed by atoms with Crippen LogP contribution in [0.25, 0.3) is 0 Å². The zero-order chi connectivity index (χ0) is 15.9. The van der Waals surface area contributed by atoms with E-state index in [1.807, 2.05) is 18.4 Å². The molecule has 1 aromatic carbocycles. The first kappa shape index (κ1) is 17.3. The summed E-state index contributed by atoms with van der Waals surface area (Å²) < 4.78 is 1.75. The maximum absolute atomic E-state index is 12.0. The Hall–Kier alpha value is -1.05. The zero-order valence-electron chi connectivity index (χ0n) is 12.8. The van der Waals surface area contributed by atoms with E-state index in [-0.39, 0.29) is 5.91 Å².